The van der Waals surface area contributed by atoms with Gasteiger partial charge in [0.15, 0.2) is 4.80 Å². The summed E-state index contributed by atoms with van der Waals surface area (Å²) >= 11 is 7.53. The third-order valence-electron chi connectivity index (χ3n) is 5.48. The number of ether oxygens (including phenoxy) is 3. The van der Waals surface area contributed by atoms with Crippen molar-refractivity contribution in [2.45, 2.75) is 13.0 Å². The standard InChI is InChI=1S/C26H23ClN2O5S/c1-5-12-34-19-9-7-6-8-16(19)13-21-24(30)29-23(18-14-17(27)10-11-20(18)32-3)22(25(31)33-4)15(2)28-26(29)35-21/h5-11,13-14,23H,1,12H2,2-4H3/b21-13-/t23-/m1/s1. The lowest BCUT2D eigenvalue weighted by molar-refractivity contribution is -0.136. The second-order valence-corrected chi connectivity index (χ2v) is 9.04. The molecule has 2 aromatic carbocycles. The Hall–Kier alpha value is -3.62. The summed E-state index contributed by atoms with van der Waals surface area (Å²) in [5.74, 6) is 0.515. The summed E-state index contributed by atoms with van der Waals surface area (Å²) in [5, 5.41) is 0.440. The van der Waals surface area contributed by atoms with E-state index in [1.54, 1.807) is 37.3 Å². The van der Waals surface area contributed by atoms with Gasteiger partial charge in [-0.1, -0.05) is 53.8 Å². The van der Waals surface area contributed by atoms with Crippen molar-refractivity contribution < 1.29 is 19.0 Å². The van der Waals surface area contributed by atoms with Crippen LogP contribution in [0.4, 0.5) is 0 Å². The van der Waals surface area contributed by atoms with Crippen molar-refractivity contribution in [3.8, 4) is 11.5 Å². The molecule has 0 fully saturated rings. The molecule has 180 valence electrons. The molecule has 1 aliphatic rings. The van der Waals surface area contributed by atoms with Crippen LogP contribution >= 0.6 is 22.9 Å². The van der Waals surface area contributed by atoms with E-state index < -0.39 is 12.0 Å². The van der Waals surface area contributed by atoms with Gasteiger partial charge in [-0.3, -0.25) is 9.36 Å². The first-order valence-electron chi connectivity index (χ1n) is 10.7. The van der Waals surface area contributed by atoms with Crippen molar-refractivity contribution in [1.29, 1.82) is 0 Å². The van der Waals surface area contributed by atoms with Crippen LogP contribution < -0.4 is 24.4 Å². The molecule has 1 atom stereocenters. The number of methoxy groups -OCH3 is 2. The number of esters is 1. The average Bonchev–Trinajstić information content (AvgIpc) is 3.16. The molecule has 9 heteroatoms. The third-order valence-corrected chi connectivity index (χ3v) is 6.69. The highest BCUT2D eigenvalue weighted by Crippen LogP contribution is 2.37. The smallest absolute Gasteiger partial charge is 0.338 e. The van der Waals surface area contributed by atoms with Crippen LogP contribution in [0.1, 0.15) is 24.1 Å². The van der Waals surface area contributed by atoms with E-state index in [4.69, 9.17) is 25.8 Å². The van der Waals surface area contributed by atoms with Crippen LogP contribution in [0.3, 0.4) is 0 Å². The van der Waals surface area contributed by atoms with Crippen LogP contribution in [0.15, 0.2) is 76.2 Å². The number of para-hydroxylation sites is 1. The summed E-state index contributed by atoms with van der Waals surface area (Å²) in [6, 6.07) is 11.6. The van der Waals surface area contributed by atoms with E-state index in [0.29, 0.717) is 43.7 Å². The van der Waals surface area contributed by atoms with Gasteiger partial charge in [0.2, 0.25) is 0 Å². The van der Waals surface area contributed by atoms with Crippen LogP contribution in [0.2, 0.25) is 5.02 Å². The van der Waals surface area contributed by atoms with E-state index in [1.165, 1.54) is 30.1 Å². The van der Waals surface area contributed by atoms with Crippen molar-refractivity contribution in [2.75, 3.05) is 20.8 Å². The highest BCUT2D eigenvalue weighted by atomic mass is 35.5. The maximum Gasteiger partial charge on any atom is 0.338 e. The van der Waals surface area contributed by atoms with E-state index in [2.05, 4.69) is 11.6 Å². The number of benzene rings is 2. The van der Waals surface area contributed by atoms with Crippen LogP contribution in [0.5, 0.6) is 11.5 Å². The van der Waals surface area contributed by atoms with Gasteiger partial charge in [-0.2, -0.15) is 0 Å². The van der Waals surface area contributed by atoms with Crippen LogP contribution in [-0.4, -0.2) is 31.4 Å². The second-order valence-electron chi connectivity index (χ2n) is 7.60. The van der Waals surface area contributed by atoms with Crippen molar-refractivity contribution in [3.63, 3.8) is 0 Å². The molecule has 0 radical (unpaired) electrons. The number of nitrogens with zero attached hydrogens (tertiary/aromatic N) is 2. The SMILES string of the molecule is C=CCOc1ccccc1/C=c1\sc2n(c1=O)[C@H](c1cc(Cl)ccc1OC)C(C(=O)OC)=C(C)N=2. The molecule has 0 amide bonds. The average molecular weight is 511 g/mol. The molecule has 0 spiro atoms. The number of allylic oxidation sites excluding steroid dienone is 1. The van der Waals surface area contributed by atoms with Gasteiger partial charge >= 0.3 is 5.97 Å². The number of fused-ring (bicyclic) bond motifs is 1. The topological polar surface area (TPSA) is 79.1 Å². The predicted octanol–water partition coefficient (Wildman–Crippen LogP) is 3.64. The van der Waals surface area contributed by atoms with Gasteiger partial charge in [-0.05, 0) is 37.3 Å². The number of hydrogen-bond acceptors (Lipinski definition) is 7. The summed E-state index contributed by atoms with van der Waals surface area (Å²) in [6.07, 6.45) is 3.41. The van der Waals surface area contributed by atoms with Gasteiger partial charge in [0.25, 0.3) is 5.56 Å². The lowest BCUT2D eigenvalue weighted by Gasteiger charge is -2.25. The molecule has 0 unspecified atom stereocenters. The monoisotopic (exact) mass is 510 g/mol. The fourth-order valence-electron chi connectivity index (χ4n) is 3.93. The van der Waals surface area contributed by atoms with Gasteiger partial charge in [0.05, 0.1) is 30.0 Å². The Morgan fingerprint density at radius 1 is 1.23 bits per heavy atom. The summed E-state index contributed by atoms with van der Waals surface area (Å²) in [6.45, 7) is 5.73. The van der Waals surface area contributed by atoms with Gasteiger partial charge in [-0.25, -0.2) is 9.79 Å². The number of hydrogen-bond donors (Lipinski definition) is 0. The molecule has 4 rings (SSSR count). The molecule has 0 bridgehead atoms. The Balaban J connectivity index is 1.99. The molecule has 0 saturated carbocycles. The molecule has 7 nitrogen and oxygen atoms in total. The zero-order chi connectivity index (χ0) is 25.1. The molecule has 0 N–H and O–H groups in total. The number of carbonyl (C=O) groups is 1. The summed E-state index contributed by atoms with van der Waals surface area (Å²) < 4.78 is 18.3. The predicted molar refractivity (Wildman–Crippen MR) is 136 cm³/mol. The van der Waals surface area contributed by atoms with Gasteiger partial charge in [0, 0.05) is 16.1 Å². The van der Waals surface area contributed by atoms with Crippen molar-refractivity contribution in [2.24, 2.45) is 4.99 Å². The van der Waals surface area contributed by atoms with Crippen molar-refractivity contribution in [3.05, 3.63) is 102 Å². The highest BCUT2D eigenvalue weighted by molar-refractivity contribution is 7.07. The minimum Gasteiger partial charge on any atom is -0.496 e. The molecule has 1 aliphatic heterocycles. The molecule has 35 heavy (non-hydrogen) atoms. The molecule has 0 saturated heterocycles. The quantitative estimate of drug-likeness (QED) is 0.358. The Kier molecular flexibility index (Phi) is 7.23. The zero-order valence-electron chi connectivity index (χ0n) is 19.4. The molecule has 1 aromatic heterocycles. The lowest BCUT2D eigenvalue weighted by Crippen LogP contribution is -2.40. The number of carbonyl (C=O) groups excluding carboxylic acids is 1. The zero-order valence-corrected chi connectivity index (χ0v) is 21.0. The minimum absolute atomic E-state index is 0.238. The minimum atomic E-state index is -0.832. The molecule has 2 heterocycles. The second kappa shape index (κ2) is 10.3. The third kappa shape index (κ3) is 4.67. The first-order chi connectivity index (χ1) is 16.9. The summed E-state index contributed by atoms with van der Waals surface area (Å²) in [5.41, 5.74) is 1.67. The Labute approximate surface area is 210 Å². The fourth-order valence-corrected chi connectivity index (χ4v) is 5.14. The van der Waals surface area contributed by atoms with Gasteiger partial charge in [-0.15, -0.1) is 0 Å². The molecule has 0 aliphatic carbocycles. The Bertz CT molecular complexity index is 1520. The molecular formula is C26H23ClN2O5S. The van der Waals surface area contributed by atoms with Crippen LogP contribution in [0, 0.1) is 0 Å². The lowest BCUT2D eigenvalue weighted by atomic mass is 9.95. The molecular weight excluding hydrogens is 488 g/mol. The van der Waals surface area contributed by atoms with Crippen molar-refractivity contribution in [1.82, 2.24) is 4.57 Å². The Morgan fingerprint density at radius 2 is 2.00 bits per heavy atom. The maximum absolute atomic E-state index is 13.8. The normalized spacial score (nSPS) is 15.3. The fraction of sp³-hybridized carbons (Fsp3) is 0.192. The first-order valence-corrected chi connectivity index (χ1v) is 11.9. The van der Waals surface area contributed by atoms with Gasteiger partial charge < -0.3 is 14.2 Å². The van der Waals surface area contributed by atoms with E-state index in [-0.39, 0.29) is 11.1 Å². The highest BCUT2D eigenvalue weighted by Gasteiger charge is 2.35. The van der Waals surface area contributed by atoms with Crippen LogP contribution in [0.25, 0.3) is 6.08 Å². The van der Waals surface area contributed by atoms with Crippen molar-refractivity contribution >= 4 is 35.0 Å². The number of rotatable bonds is 7. The number of aromatic nitrogens is 1. The maximum atomic E-state index is 13.8. The number of halogens is 1. The van der Waals surface area contributed by atoms with E-state index in [9.17, 15) is 9.59 Å². The van der Waals surface area contributed by atoms with E-state index in [1.807, 2.05) is 24.3 Å². The summed E-state index contributed by atoms with van der Waals surface area (Å²) in [7, 11) is 2.81. The van der Waals surface area contributed by atoms with E-state index >= 15 is 0 Å². The summed E-state index contributed by atoms with van der Waals surface area (Å²) in [4.78, 5) is 31.6. The van der Waals surface area contributed by atoms with Crippen LogP contribution in [-0.2, 0) is 9.53 Å². The molecule has 3 aromatic rings. The van der Waals surface area contributed by atoms with E-state index in [0.717, 1.165) is 5.56 Å². The number of thiazole rings is 1. The first kappa shape index (κ1) is 24.5. The Morgan fingerprint density at radius 3 is 2.71 bits per heavy atom. The van der Waals surface area contributed by atoms with Gasteiger partial charge in [0.1, 0.15) is 24.1 Å². The largest absolute Gasteiger partial charge is 0.496 e.